The van der Waals surface area contributed by atoms with Gasteiger partial charge >= 0.3 is 17.9 Å². The van der Waals surface area contributed by atoms with Gasteiger partial charge in [-0.3, -0.25) is 38.7 Å². The van der Waals surface area contributed by atoms with Gasteiger partial charge in [0.2, 0.25) is 19.7 Å². The minimum Gasteiger partial charge on any atom is -0.493 e. The molecule has 24 heteroatoms. The second kappa shape index (κ2) is 25.3. The van der Waals surface area contributed by atoms with Crippen molar-refractivity contribution in [3.05, 3.63) is 103 Å². The number of hydrogen-bond donors (Lipinski definition) is 4. The Bertz CT molecular complexity index is 3000. The number of ether oxygens (including phenoxy) is 6. The Morgan fingerprint density at radius 2 is 0.865 bits per heavy atom. The number of hydrogen-bond acceptors (Lipinski definition) is 16. The van der Waals surface area contributed by atoms with E-state index < -0.39 is 53.9 Å². The quantitative estimate of drug-likeness (QED) is 0.0398. The average Bonchev–Trinajstić information content (AvgIpc) is 4.23. The SMILES string of the molecule is COc1cc2nccc(Oc3ccc(CC(=O)C4(C(=O)O)CC4)cc3)c2cc1OC.COc1cc2nccc(Oc3ccc(N)cc3)c2cc1OC.O=C(O)C1(C(=O)Cl)CC1.O=C(O)C1(C(=O)Cl)CC1.O=S(Cl)Cl. The molecule has 0 radical (unpaired) electrons. The monoisotopic (exact) mass is 1120 g/mol. The Labute approximate surface area is 444 Å². The maximum absolute atomic E-state index is 12.3. The van der Waals surface area contributed by atoms with Crippen LogP contribution in [0.4, 0.5) is 5.69 Å². The van der Waals surface area contributed by atoms with E-state index in [9.17, 15) is 33.9 Å². The first kappa shape index (κ1) is 57.9. The molecule has 3 fully saturated rings. The molecule has 2 aromatic heterocycles. The van der Waals surface area contributed by atoms with E-state index >= 15 is 0 Å². The molecule has 19 nitrogen and oxygen atoms in total. The number of aromatic nitrogens is 2. The van der Waals surface area contributed by atoms with Crippen molar-refractivity contribution < 1.29 is 76.7 Å². The van der Waals surface area contributed by atoms with Crippen LogP contribution in [0.3, 0.4) is 0 Å². The number of nitrogen functional groups attached to an aromatic ring is 1. The highest BCUT2D eigenvalue weighted by atomic mass is 36.0. The number of Topliss-reactive ketones (excluding diaryl/α,β-unsaturated/α-hetero) is 1. The lowest BCUT2D eigenvalue weighted by Crippen LogP contribution is -2.26. The van der Waals surface area contributed by atoms with E-state index in [4.69, 9.17) is 71.8 Å². The lowest BCUT2D eigenvalue weighted by molar-refractivity contribution is -0.149. The van der Waals surface area contributed by atoms with E-state index in [1.165, 1.54) is 0 Å². The van der Waals surface area contributed by atoms with E-state index in [-0.39, 0.29) is 12.2 Å². The Morgan fingerprint density at radius 1 is 0.541 bits per heavy atom. The molecule has 0 saturated heterocycles. The molecule has 0 atom stereocenters. The highest BCUT2D eigenvalue weighted by molar-refractivity contribution is 8.26. The van der Waals surface area contributed by atoms with E-state index in [1.54, 1.807) is 89.4 Å². The summed E-state index contributed by atoms with van der Waals surface area (Å²) in [6, 6.07) is 25.1. The van der Waals surface area contributed by atoms with Crippen molar-refractivity contribution >= 4 is 115 Å². The third kappa shape index (κ3) is 14.4. The van der Waals surface area contributed by atoms with Gasteiger partial charge in [0, 0.05) is 68.8 Å². The van der Waals surface area contributed by atoms with Crippen LogP contribution in [-0.2, 0) is 44.4 Å². The summed E-state index contributed by atoms with van der Waals surface area (Å²) in [7, 11) is 13.7. The number of benzene rings is 4. The number of halogens is 4. The van der Waals surface area contributed by atoms with Crippen molar-refractivity contribution in [1.82, 2.24) is 9.97 Å². The maximum Gasteiger partial charge on any atom is 0.318 e. The summed E-state index contributed by atoms with van der Waals surface area (Å²) in [5.74, 6) is 1.55. The van der Waals surface area contributed by atoms with Crippen molar-refractivity contribution in [3.63, 3.8) is 0 Å². The van der Waals surface area contributed by atoms with Gasteiger partial charge in [0.05, 0.1) is 39.5 Å². The summed E-state index contributed by atoms with van der Waals surface area (Å²) >= 11 is 10.0. The summed E-state index contributed by atoms with van der Waals surface area (Å²) in [5.41, 5.74) is 5.02. The second-order valence-electron chi connectivity index (χ2n) is 16.5. The number of rotatable bonds is 16. The third-order valence-corrected chi connectivity index (χ3v) is 12.5. The van der Waals surface area contributed by atoms with Crippen LogP contribution in [0.2, 0.25) is 0 Å². The van der Waals surface area contributed by atoms with Crippen molar-refractivity contribution in [2.24, 2.45) is 16.2 Å². The topological polar surface area (TPSA) is 287 Å². The van der Waals surface area contributed by atoms with Crippen LogP contribution < -0.4 is 34.2 Å². The Balaban J connectivity index is 0.000000199. The van der Waals surface area contributed by atoms with Crippen LogP contribution in [0.1, 0.15) is 44.1 Å². The fourth-order valence-corrected chi connectivity index (χ4v) is 7.41. The van der Waals surface area contributed by atoms with Gasteiger partial charge in [0.15, 0.2) is 28.8 Å². The van der Waals surface area contributed by atoms with Crippen LogP contribution >= 0.6 is 44.6 Å². The zero-order valence-corrected chi connectivity index (χ0v) is 43.6. The van der Waals surface area contributed by atoms with Crippen molar-refractivity contribution in [2.75, 3.05) is 34.2 Å². The molecular weight excluding hydrogens is 1070 g/mol. The van der Waals surface area contributed by atoms with Gasteiger partial charge in [0.25, 0.3) is 0 Å². The second-order valence-corrected chi connectivity index (χ2v) is 19.7. The minimum absolute atomic E-state index is 0.0990. The van der Waals surface area contributed by atoms with Crippen molar-refractivity contribution in [1.29, 1.82) is 0 Å². The van der Waals surface area contributed by atoms with Crippen LogP contribution in [-0.4, -0.2) is 92.1 Å². The highest BCUT2D eigenvalue weighted by Crippen LogP contribution is 2.49. The number of aliphatic carboxylic acids is 3. The number of carboxylic acid groups (broad SMARTS) is 3. The van der Waals surface area contributed by atoms with Crippen LogP contribution in [0.25, 0.3) is 21.8 Å². The lowest BCUT2D eigenvalue weighted by Gasteiger charge is -2.13. The molecule has 6 aromatic rings. The largest absolute Gasteiger partial charge is 0.493 e. The van der Waals surface area contributed by atoms with Crippen molar-refractivity contribution in [2.45, 2.75) is 44.9 Å². The number of carbonyl (C=O) groups excluding carboxylic acids is 3. The molecule has 392 valence electrons. The van der Waals surface area contributed by atoms with Gasteiger partial charge in [-0.25, -0.2) is 4.21 Å². The lowest BCUT2D eigenvalue weighted by atomic mass is 9.95. The van der Waals surface area contributed by atoms with Gasteiger partial charge in [-0.15, -0.1) is 0 Å². The van der Waals surface area contributed by atoms with Crippen LogP contribution in [0.15, 0.2) is 97.3 Å². The number of carbonyl (C=O) groups is 6. The average molecular weight is 1120 g/mol. The van der Waals surface area contributed by atoms with E-state index in [0.29, 0.717) is 95.7 Å². The molecule has 0 amide bonds. The van der Waals surface area contributed by atoms with E-state index in [1.807, 2.05) is 36.4 Å². The molecule has 0 unspecified atom stereocenters. The summed E-state index contributed by atoms with van der Waals surface area (Å²) < 4.78 is 42.4. The van der Waals surface area contributed by atoms with E-state index in [0.717, 1.165) is 21.9 Å². The van der Waals surface area contributed by atoms with Gasteiger partial charge in [-0.05, 0) is 128 Å². The Hall–Kier alpha value is -6.97. The molecule has 2 heterocycles. The summed E-state index contributed by atoms with van der Waals surface area (Å²) in [5, 5.41) is 26.1. The van der Waals surface area contributed by atoms with Crippen LogP contribution in [0.5, 0.6) is 46.0 Å². The minimum atomic E-state index is -1.67. The predicted octanol–water partition coefficient (Wildman–Crippen LogP) is 9.92. The molecule has 0 bridgehead atoms. The predicted molar refractivity (Wildman–Crippen MR) is 275 cm³/mol. The summed E-state index contributed by atoms with van der Waals surface area (Å²) in [6.07, 6.45) is 5.86. The molecule has 0 aliphatic heterocycles. The number of pyridine rings is 2. The molecule has 9 rings (SSSR count). The zero-order chi connectivity index (χ0) is 54.5. The number of nitrogens with two attached hydrogens (primary N) is 1. The fraction of sp³-hybridized carbons (Fsp3) is 0.280. The highest BCUT2D eigenvalue weighted by Gasteiger charge is 2.57. The summed E-state index contributed by atoms with van der Waals surface area (Å²) in [6.45, 7) is 0. The maximum atomic E-state index is 12.3. The molecule has 74 heavy (non-hydrogen) atoms. The van der Waals surface area contributed by atoms with Crippen molar-refractivity contribution in [3.8, 4) is 46.0 Å². The normalized spacial score (nSPS) is 14.4. The molecule has 0 spiro atoms. The fourth-order valence-electron chi connectivity index (χ4n) is 6.87. The number of carboxylic acids is 3. The van der Waals surface area contributed by atoms with Crippen LogP contribution in [0, 0.1) is 16.2 Å². The molecule has 4 aromatic carbocycles. The number of fused-ring (bicyclic) bond motifs is 2. The molecule has 3 aliphatic rings. The Kier molecular flexibility index (Phi) is 19.8. The van der Waals surface area contributed by atoms with Gasteiger partial charge in [-0.1, -0.05) is 12.1 Å². The standard InChI is InChI=1S/C23H21NO6.C17H16N2O3.2C5H5ClO3.Cl2OS/c1-28-19-12-16-17(13-20(19)29-2)24-10-7-18(16)30-15-5-3-14(4-6-15)11-21(25)23(8-9-23)22(26)27;1-20-16-9-13-14(10-17(16)21-2)19-8-7-15(13)22-12-5-3-11(18)4-6-12;2*6-3(7)5(1-2-5)4(8)9;1-4(2)3/h3-7,10,12-13H,8-9,11H2,1-2H3,(H,26,27);3-10H,18H2,1-2H3;2*1-2H2,(H,8,9);. The smallest absolute Gasteiger partial charge is 0.318 e. The first-order valence-electron chi connectivity index (χ1n) is 21.8. The molecule has 3 aliphatic carbocycles. The first-order valence-corrected chi connectivity index (χ1v) is 25.3. The zero-order valence-electron chi connectivity index (χ0n) is 39.7. The molecular formula is C50H47Cl4N3O16S. The molecule has 5 N–H and O–H groups in total. The van der Waals surface area contributed by atoms with Gasteiger partial charge in [-0.2, -0.15) is 0 Å². The van der Waals surface area contributed by atoms with Gasteiger partial charge in [0.1, 0.15) is 39.2 Å². The number of ketones is 1. The van der Waals surface area contributed by atoms with E-state index in [2.05, 4.69) is 31.3 Å². The number of anilines is 1. The number of methoxy groups -OCH3 is 4. The third-order valence-electron chi connectivity index (χ3n) is 11.8. The molecule has 3 saturated carbocycles. The van der Waals surface area contributed by atoms with Gasteiger partial charge < -0.3 is 49.5 Å². The Morgan fingerprint density at radius 3 is 1.15 bits per heavy atom. The number of nitrogens with zero attached hydrogens (tertiary/aromatic N) is 2. The first-order chi connectivity index (χ1) is 35.1. The summed E-state index contributed by atoms with van der Waals surface area (Å²) in [4.78, 5) is 73.5.